The second-order valence-electron chi connectivity index (χ2n) is 8.68. The van der Waals surface area contributed by atoms with Crippen LogP contribution in [0.15, 0.2) is 59.7 Å². The summed E-state index contributed by atoms with van der Waals surface area (Å²) in [6.07, 6.45) is 3.61. The standard InChI is InChI=1S/C26H35N5O/c1-19-16-31(17-20(2)32-19)18-23-9-5-4-8-21(23)14-30-26(27-3)28-13-12-22-15-29-25-11-7-6-10-24(22)25/h4-11,15,19-20,29H,12-14,16-18H2,1-3H3,(H2,27,28,30). The molecule has 2 aromatic carbocycles. The van der Waals surface area contributed by atoms with E-state index < -0.39 is 0 Å². The molecule has 3 aromatic rings. The average molecular weight is 434 g/mol. The van der Waals surface area contributed by atoms with Crippen LogP contribution in [0.25, 0.3) is 10.9 Å². The summed E-state index contributed by atoms with van der Waals surface area (Å²) < 4.78 is 5.89. The van der Waals surface area contributed by atoms with E-state index in [1.165, 1.54) is 27.6 Å². The maximum absolute atomic E-state index is 5.89. The summed E-state index contributed by atoms with van der Waals surface area (Å²) in [5, 5.41) is 8.23. The molecule has 1 fully saturated rings. The highest BCUT2D eigenvalue weighted by Gasteiger charge is 2.22. The van der Waals surface area contributed by atoms with Gasteiger partial charge in [-0.15, -0.1) is 0 Å². The molecule has 1 saturated heterocycles. The Hall–Kier alpha value is -2.83. The fourth-order valence-corrected chi connectivity index (χ4v) is 4.59. The molecule has 0 saturated carbocycles. The first kappa shape index (κ1) is 22.4. The minimum Gasteiger partial charge on any atom is -0.373 e. The smallest absolute Gasteiger partial charge is 0.191 e. The van der Waals surface area contributed by atoms with Gasteiger partial charge in [0.2, 0.25) is 0 Å². The lowest BCUT2D eigenvalue weighted by atomic mass is 10.1. The summed E-state index contributed by atoms with van der Waals surface area (Å²) in [5.74, 6) is 0.827. The first-order valence-corrected chi connectivity index (χ1v) is 11.6. The van der Waals surface area contributed by atoms with Crippen LogP contribution in [-0.2, 0) is 24.2 Å². The molecule has 4 rings (SSSR count). The van der Waals surface area contributed by atoms with Crippen molar-refractivity contribution in [1.82, 2.24) is 20.5 Å². The molecule has 0 aliphatic carbocycles. The SMILES string of the molecule is CN=C(NCCc1c[nH]c2ccccc12)NCc1ccccc1CN1CC(C)OC(C)C1. The zero-order chi connectivity index (χ0) is 22.3. The van der Waals surface area contributed by atoms with Crippen molar-refractivity contribution in [3.8, 4) is 0 Å². The minimum absolute atomic E-state index is 0.282. The third kappa shape index (κ3) is 5.69. The Morgan fingerprint density at radius 1 is 1.00 bits per heavy atom. The van der Waals surface area contributed by atoms with Crippen molar-refractivity contribution in [2.24, 2.45) is 4.99 Å². The molecule has 0 amide bonds. The van der Waals surface area contributed by atoms with E-state index in [1.807, 2.05) is 7.05 Å². The predicted octanol–water partition coefficient (Wildman–Crippen LogP) is 3.68. The fraction of sp³-hybridized carbons (Fsp3) is 0.423. The summed E-state index contributed by atoms with van der Waals surface area (Å²) >= 11 is 0. The highest BCUT2D eigenvalue weighted by Crippen LogP contribution is 2.18. The highest BCUT2D eigenvalue weighted by atomic mass is 16.5. The maximum atomic E-state index is 5.89. The molecule has 1 aromatic heterocycles. The number of aliphatic imine (C=N–C) groups is 1. The molecule has 3 N–H and O–H groups in total. The molecular formula is C26H35N5O. The monoisotopic (exact) mass is 433 g/mol. The molecule has 170 valence electrons. The first-order valence-electron chi connectivity index (χ1n) is 11.6. The lowest BCUT2D eigenvalue weighted by Gasteiger charge is -2.35. The second kappa shape index (κ2) is 10.7. The quantitative estimate of drug-likeness (QED) is 0.393. The Balaban J connectivity index is 1.30. The summed E-state index contributed by atoms with van der Waals surface area (Å²) in [6.45, 7) is 8.78. The van der Waals surface area contributed by atoms with Crippen LogP contribution in [0.2, 0.25) is 0 Å². The Morgan fingerprint density at radius 3 is 2.50 bits per heavy atom. The van der Waals surface area contributed by atoms with E-state index in [4.69, 9.17) is 4.74 Å². The van der Waals surface area contributed by atoms with Gasteiger partial charge in [-0.2, -0.15) is 0 Å². The molecule has 0 spiro atoms. The zero-order valence-electron chi connectivity index (χ0n) is 19.4. The third-order valence-electron chi connectivity index (χ3n) is 6.04. The van der Waals surface area contributed by atoms with E-state index >= 15 is 0 Å². The number of fused-ring (bicyclic) bond motifs is 1. The molecule has 6 heteroatoms. The van der Waals surface area contributed by atoms with Gasteiger partial charge in [0.05, 0.1) is 12.2 Å². The number of hydrogen-bond donors (Lipinski definition) is 3. The highest BCUT2D eigenvalue weighted by molar-refractivity contribution is 5.83. The van der Waals surface area contributed by atoms with Crippen molar-refractivity contribution in [1.29, 1.82) is 0 Å². The molecule has 1 aliphatic heterocycles. The van der Waals surface area contributed by atoms with E-state index in [1.54, 1.807) is 0 Å². The lowest BCUT2D eigenvalue weighted by Crippen LogP contribution is -2.45. The van der Waals surface area contributed by atoms with Gasteiger partial charge in [-0.25, -0.2) is 0 Å². The number of aromatic nitrogens is 1. The fourth-order valence-electron chi connectivity index (χ4n) is 4.59. The Morgan fingerprint density at radius 2 is 1.72 bits per heavy atom. The molecule has 2 atom stereocenters. The first-order chi connectivity index (χ1) is 15.6. The van der Waals surface area contributed by atoms with Crippen LogP contribution in [0.1, 0.15) is 30.5 Å². The molecule has 2 unspecified atom stereocenters. The maximum Gasteiger partial charge on any atom is 0.191 e. The number of morpholine rings is 1. The number of hydrogen-bond acceptors (Lipinski definition) is 3. The summed E-state index contributed by atoms with van der Waals surface area (Å²) in [5.41, 5.74) is 5.17. The van der Waals surface area contributed by atoms with Gasteiger partial charge < -0.3 is 20.4 Å². The van der Waals surface area contributed by atoms with E-state index in [0.717, 1.165) is 45.1 Å². The van der Waals surface area contributed by atoms with E-state index in [9.17, 15) is 0 Å². The molecular weight excluding hydrogens is 398 g/mol. The van der Waals surface area contributed by atoms with Crippen molar-refractivity contribution < 1.29 is 4.74 Å². The van der Waals surface area contributed by atoms with Crippen molar-refractivity contribution in [2.75, 3.05) is 26.7 Å². The van der Waals surface area contributed by atoms with Gasteiger partial charge in [0.1, 0.15) is 0 Å². The summed E-state index contributed by atoms with van der Waals surface area (Å²) in [4.78, 5) is 10.2. The van der Waals surface area contributed by atoms with E-state index in [0.29, 0.717) is 0 Å². The van der Waals surface area contributed by atoms with E-state index in [-0.39, 0.29) is 12.2 Å². The third-order valence-corrected chi connectivity index (χ3v) is 6.04. The van der Waals surface area contributed by atoms with Crippen LogP contribution in [0.5, 0.6) is 0 Å². The predicted molar refractivity (Wildman–Crippen MR) is 132 cm³/mol. The lowest BCUT2D eigenvalue weighted by molar-refractivity contribution is -0.0705. The van der Waals surface area contributed by atoms with Gasteiger partial charge in [-0.05, 0) is 43.0 Å². The molecule has 1 aliphatic rings. The van der Waals surface area contributed by atoms with Crippen LogP contribution in [0, 0.1) is 0 Å². The van der Waals surface area contributed by atoms with Gasteiger partial charge in [-0.1, -0.05) is 42.5 Å². The number of rotatable bonds is 7. The Bertz CT molecular complexity index is 1030. The number of benzene rings is 2. The molecule has 0 radical (unpaired) electrons. The topological polar surface area (TPSA) is 64.7 Å². The van der Waals surface area contributed by atoms with Crippen molar-refractivity contribution in [3.05, 3.63) is 71.4 Å². The normalized spacial score (nSPS) is 19.9. The van der Waals surface area contributed by atoms with Gasteiger partial charge in [-0.3, -0.25) is 9.89 Å². The Labute approximate surface area is 191 Å². The molecule has 6 nitrogen and oxygen atoms in total. The number of ether oxygens (including phenoxy) is 1. The van der Waals surface area contributed by atoms with Gasteiger partial charge in [0, 0.05) is 56.9 Å². The van der Waals surface area contributed by atoms with Gasteiger partial charge in [0.15, 0.2) is 5.96 Å². The van der Waals surface area contributed by atoms with Crippen molar-refractivity contribution >= 4 is 16.9 Å². The number of nitrogens with one attached hydrogen (secondary N) is 3. The number of para-hydroxylation sites is 1. The van der Waals surface area contributed by atoms with Gasteiger partial charge >= 0.3 is 0 Å². The van der Waals surface area contributed by atoms with E-state index in [2.05, 4.69) is 94.1 Å². The molecule has 0 bridgehead atoms. The zero-order valence-corrected chi connectivity index (χ0v) is 19.4. The average Bonchev–Trinajstić information content (AvgIpc) is 3.19. The van der Waals surface area contributed by atoms with Gasteiger partial charge in [0.25, 0.3) is 0 Å². The number of H-pyrrole nitrogens is 1. The van der Waals surface area contributed by atoms with Crippen LogP contribution in [-0.4, -0.2) is 54.7 Å². The summed E-state index contributed by atoms with van der Waals surface area (Å²) in [7, 11) is 1.82. The number of aromatic amines is 1. The molecule has 32 heavy (non-hydrogen) atoms. The largest absolute Gasteiger partial charge is 0.373 e. The van der Waals surface area contributed by atoms with Crippen LogP contribution in [0.3, 0.4) is 0 Å². The summed E-state index contributed by atoms with van der Waals surface area (Å²) in [6, 6.07) is 17.1. The van der Waals surface area contributed by atoms with Crippen molar-refractivity contribution in [2.45, 2.75) is 45.6 Å². The van der Waals surface area contributed by atoms with Crippen LogP contribution >= 0.6 is 0 Å². The molecule has 2 heterocycles. The Kier molecular flexibility index (Phi) is 7.45. The van der Waals surface area contributed by atoms with Crippen LogP contribution < -0.4 is 10.6 Å². The minimum atomic E-state index is 0.282. The number of nitrogens with zero attached hydrogens (tertiary/aromatic N) is 2. The van der Waals surface area contributed by atoms with Crippen LogP contribution in [0.4, 0.5) is 0 Å². The second-order valence-corrected chi connectivity index (χ2v) is 8.68. The number of guanidine groups is 1. The van der Waals surface area contributed by atoms with Crippen molar-refractivity contribution in [3.63, 3.8) is 0 Å².